The van der Waals surface area contributed by atoms with Crippen LogP contribution in [0.15, 0.2) is 30.6 Å². The molecule has 0 spiro atoms. The number of aromatic nitrogens is 1. The van der Waals surface area contributed by atoms with E-state index in [0.717, 1.165) is 31.0 Å². The second-order valence-electron chi connectivity index (χ2n) is 10.5. The van der Waals surface area contributed by atoms with Gasteiger partial charge < -0.3 is 5.11 Å². The van der Waals surface area contributed by atoms with Gasteiger partial charge in [-0.05, 0) is 66.9 Å². The summed E-state index contributed by atoms with van der Waals surface area (Å²) in [4.78, 5) is 3.33. The van der Waals surface area contributed by atoms with Crippen molar-refractivity contribution in [1.29, 1.82) is 0 Å². The molecule has 4 nitrogen and oxygen atoms in total. The molecule has 32 heavy (non-hydrogen) atoms. The van der Waals surface area contributed by atoms with Crippen molar-refractivity contribution >= 4 is 5.69 Å². The van der Waals surface area contributed by atoms with Gasteiger partial charge in [0.2, 0.25) is 11.9 Å². The molecule has 1 aromatic carbocycles. The van der Waals surface area contributed by atoms with Gasteiger partial charge in [0.15, 0.2) is 5.82 Å². The molecule has 0 saturated heterocycles. The van der Waals surface area contributed by atoms with Gasteiger partial charge >= 0.3 is 0 Å². The van der Waals surface area contributed by atoms with E-state index in [9.17, 15) is 19.1 Å². The van der Waals surface area contributed by atoms with Gasteiger partial charge in [-0.15, -0.1) is 0 Å². The molecule has 3 unspecified atom stereocenters. The van der Waals surface area contributed by atoms with E-state index in [1.54, 1.807) is 6.07 Å². The molecule has 1 heterocycles. The van der Waals surface area contributed by atoms with Gasteiger partial charge in [-0.3, -0.25) is 5.21 Å². The fourth-order valence-corrected chi connectivity index (χ4v) is 7.58. The van der Waals surface area contributed by atoms with Gasteiger partial charge in [-0.2, -0.15) is 4.39 Å². The molecule has 3 aliphatic rings. The quantitative estimate of drug-likeness (QED) is 0.388. The lowest BCUT2D eigenvalue weighted by Crippen LogP contribution is -2.54. The van der Waals surface area contributed by atoms with Crippen LogP contribution in [0.4, 0.5) is 14.5 Å². The zero-order valence-electron chi connectivity index (χ0n) is 18.5. The Labute approximate surface area is 187 Å². The molecular weight excluding hydrogens is 410 g/mol. The van der Waals surface area contributed by atoms with Crippen molar-refractivity contribution in [3.05, 3.63) is 70.3 Å². The van der Waals surface area contributed by atoms with Crippen molar-refractivity contribution in [3.63, 3.8) is 0 Å². The highest BCUT2D eigenvalue weighted by Gasteiger charge is 2.63. The van der Waals surface area contributed by atoms with Crippen molar-refractivity contribution in [2.45, 2.75) is 63.9 Å². The van der Waals surface area contributed by atoms with E-state index in [4.69, 9.17) is 6.57 Å². The summed E-state index contributed by atoms with van der Waals surface area (Å²) in [6.07, 6.45) is 6.36. The monoisotopic (exact) mass is 439 g/mol. The van der Waals surface area contributed by atoms with E-state index in [0.29, 0.717) is 34.6 Å². The highest BCUT2D eigenvalue weighted by molar-refractivity contribution is 5.53. The van der Waals surface area contributed by atoms with Crippen molar-refractivity contribution in [1.82, 2.24) is 0 Å². The van der Waals surface area contributed by atoms with Crippen LogP contribution in [0.1, 0.15) is 62.1 Å². The first-order valence-corrected chi connectivity index (χ1v) is 11.5. The predicted molar refractivity (Wildman–Crippen MR) is 114 cm³/mol. The molecule has 2 aromatic rings. The molecule has 6 atom stereocenters. The van der Waals surface area contributed by atoms with Crippen LogP contribution in [0.3, 0.4) is 0 Å². The summed E-state index contributed by atoms with van der Waals surface area (Å²) in [5.41, 5.74) is 0.859. The lowest BCUT2D eigenvalue weighted by Gasteiger charge is -2.56. The maximum absolute atomic E-state index is 14.9. The minimum absolute atomic E-state index is 0.0971. The number of fused-ring (bicyclic) bond motifs is 5. The molecule has 3 aliphatic carbocycles. The number of rotatable bonds is 2. The topological polar surface area (TPSA) is 48.7 Å². The molecule has 2 N–H and O–H groups in total. The second-order valence-corrected chi connectivity index (χ2v) is 10.5. The zero-order valence-corrected chi connectivity index (χ0v) is 18.5. The van der Waals surface area contributed by atoms with Gasteiger partial charge in [-0.1, -0.05) is 26.0 Å². The average molecular weight is 440 g/mol. The Bertz CT molecular complexity index is 1130. The second kappa shape index (κ2) is 7.25. The number of pyridine rings is 1. The van der Waals surface area contributed by atoms with E-state index in [-0.39, 0.29) is 41.1 Å². The third-order valence-corrected chi connectivity index (χ3v) is 9.02. The standard InChI is InChI=1S/C26H29F2N2O2/c1-15-12-25(2)20(8-10-26(25,31)13-16-9-11-30(32)14-21(16)27)19-5-4-18-17(23(15)19)6-7-22(29-3)24(18)28/h6-7,9,11,14-15,19-20,23,31-32H,4-5,8,10,12-13H2,1-2H3/q+1/t15-,19?,20?,23?,25-,26+/m0/s1. The van der Waals surface area contributed by atoms with Crippen molar-refractivity contribution in [2.75, 3.05) is 0 Å². The Hall–Kier alpha value is -2.52. The lowest BCUT2D eigenvalue weighted by atomic mass is 9.50. The van der Waals surface area contributed by atoms with Crippen LogP contribution in [-0.4, -0.2) is 15.9 Å². The molecule has 1 aromatic heterocycles. The van der Waals surface area contributed by atoms with E-state index in [1.165, 1.54) is 12.3 Å². The van der Waals surface area contributed by atoms with Crippen LogP contribution < -0.4 is 4.73 Å². The Morgan fingerprint density at radius 3 is 2.75 bits per heavy atom. The largest absolute Gasteiger partial charge is 0.389 e. The maximum Gasteiger partial charge on any atom is 0.258 e. The minimum Gasteiger partial charge on any atom is -0.389 e. The number of halogens is 2. The van der Waals surface area contributed by atoms with Crippen LogP contribution in [-0.2, 0) is 12.8 Å². The van der Waals surface area contributed by atoms with Crippen LogP contribution in [0.5, 0.6) is 0 Å². The smallest absolute Gasteiger partial charge is 0.258 e. The van der Waals surface area contributed by atoms with E-state index in [2.05, 4.69) is 18.7 Å². The van der Waals surface area contributed by atoms with E-state index in [1.807, 2.05) is 6.07 Å². The minimum atomic E-state index is -1.03. The molecule has 6 heteroatoms. The summed E-state index contributed by atoms with van der Waals surface area (Å²) in [5, 5.41) is 21.3. The first-order chi connectivity index (χ1) is 15.2. The molecule has 2 fully saturated rings. The van der Waals surface area contributed by atoms with Crippen LogP contribution in [0.25, 0.3) is 4.85 Å². The molecule has 168 valence electrons. The summed E-state index contributed by atoms with van der Waals surface area (Å²) in [6, 6.07) is 5.10. The number of hydrogen-bond donors (Lipinski definition) is 2. The normalized spacial score (nSPS) is 35.5. The van der Waals surface area contributed by atoms with Crippen LogP contribution in [0.2, 0.25) is 0 Å². The van der Waals surface area contributed by atoms with Crippen molar-refractivity contribution < 1.29 is 23.8 Å². The average Bonchev–Trinajstić information content (AvgIpc) is 3.00. The Balaban J connectivity index is 1.50. The number of aliphatic hydroxyl groups is 1. The van der Waals surface area contributed by atoms with Gasteiger partial charge in [0.05, 0.1) is 12.2 Å². The number of hydrogen-bond acceptors (Lipinski definition) is 2. The first kappa shape index (κ1) is 21.3. The van der Waals surface area contributed by atoms with E-state index >= 15 is 0 Å². The molecule has 0 bridgehead atoms. The maximum atomic E-state index is 14.9. The highest BCUT2D eigenvalue weighted by atomic mass is 19.1. The van der Waals surface area contributed by atoms with Gasteiger partial charge in [-0.25, -0.2) is 9.24 Å². The Morgan fingerprint density at radius 1 is 1.25 bits per heavy atom. The summed E-state index contributed by atoms with van der Waals surface area (Å²) >= 11 is 0. The fraction of sp³-hybridized carbons (Fsp3) is 0.538. The molecule has 0 radical (unpaired) electrons. The van der Waals surface area contributed by atoms with Crippen LogP contribution >= 0.6 is 0 Å². The highest BCUT2D eigenvalue weighted by Crippen LogP contribution is 2.66. The van der Waals surface area contributed by atoms with Gasteiger partial charge in [0.1, 0.15) is 5.82 Å². The zero-order chi connectivity index (χ0) is 22.8. The fourth-order valence-electron chi connectivity index (χ4n) is 7.58. The molecular formula is C26H29F2N2O2+. The molecule has 0 aliphatic heterocycles. The summed E-state index contributed by atoms with van der Waals surface area (Å²) in [6.45, 7) is 11.6. The Kier molecular flexibility index (Phi) is 4.83. The summed E-state index contributed by atoms with van der Waals surface area (Å²) in [5.74, 6) is 0.192. The number of nitrogens with zero attached hydrogens (tertiary/aromatic N) is 2. The number of benzene rings is 1. The predicted octanol–water partition coefficient (Wildman–Crippen LogP) is 5.12. The lowest BCUT2D eigenvalue weighted by molar-refractivity contribution is -0.905. The van der Waals surface area contributed by atoms with E-state index < -0.39 is 11.4 Å². The van der Waals surface area contributed by atoms with Crippen molar-refractivity contribution in [3.8, 4) is 0 Å². The first-order valence-electron chi connectivity index (χ1n) is 11.5. The molecule has 0 amide bonds. The van der Waals surface area contributed by atoms with Crippen molar-refractivity contribution in [2.24, 2.45) is 23.2 Å². The SMILES string of the molecule is [C-]#[N+]c1ccc2c(c1F)CCC1C2[C@@H](C)C[C@@]2(C)C1CC[C@@]2(O)Cc1cc[n+](O)cc1F. The van der Waals surface area contributed by atoms with Gasteiger partial charge in [0, 0.05) is 28.2 Å². The summed E-state index contributed by atoms with van der Waals surface area (Å²) in [7, 11) is 0. The third-order valence-electron chi connectivity index (χ3n) is 9.02. The molecule has 2 saturated carbocycles. The molecule has 5 rings (SSSR count). The third kappa shape index (κ3) is 2.90. The summed E-state index contributed by atoms with van der Waals surface area (Å²) < 4.78 is 30.1. The van der Waals surface area contributed by atoms with Crippen LogP contribution in [0, 0.1) is 41.4 Å². The Morgan fingerprint density at radius 2 is 2.03 bits per heavy atom. The van der Waals surface area contributed by atoms with Gasteiger partial charge in [0.25, 0.3) is 6.20 Å².